The van der Waals surface area contributed by atoms with Crippen molar-refractivity contribution in [2.45, 2.75) is 95.5 Å². The molecule has 0 unspecified atom stereocenters. The number of nitrogens with one attached hydrogen (secondary N) is 3. The molecule has 2 rings (SSSR count). The molecule has 0 bridgehead atoms. The van der Waals surface area contributed by atoms with Crippen molar-refractivity contribution < 1.29 is 39.0 Å². The first-order valence-corrected chi connectivity index (χ1v) is 15.7. The lowest BCUT2D eigenvalue weighted by Crippen LogP contribution is -2.63. The average molecular weight is 667 g/mol. The van der Waals surface area contributed by atoms with E-state index >= 15 is 0 Å². The van der Waals surface area contributed by atoms with Crippen LogP contribution in [0, 0.1) is 5.92 Å². The molecule has 0 radical (unpaired) electrons. The summed E-state index contributed by atoms with van der Waals surface area (Å²) in [5, 5.41) is 25.6. The second-order valence-electron chi connectivity index (χ2n) is 11.9. The molecule has 2 fully saturated rings. The number of aliphatic imine (C=N–C) groups is 1. The third kappa shape index (κ3) is 10.6. The Bertz CT molecular complexity index is 1220. The average Bonchev–Trinajstić information content (AvgIpc) is 3.53. The summed E-state index contributed by atoms with van der Waals surface area (Å²) < 4.78 is 0. The van der Waals surface area contributed by atoms with Gasteiger partial charge in [-0.15, -0.1) is 0 Å². The van der Waals surface area contributed by atoms with Crippen molar-refractivity contribution >= 4 is 41.5 Å². The Hall–Kier alpha value is -4.29. The maximum Gasteiger partial charge on any atom is 0.328 e. The van der Waals surface area contributed by atoms with Crippen LogP contribution in [-0.4, -0.2) is 124 Å². The highest BCUT2D eigenvalue weighted by Crippen LogP contribution is 2.26. The van der Waals surface area contributed by atoms with Gasteiger partial charge in [-0.05, 0) is 58.3 Å². The van der Waals surface area contributed by atoms with E-state index in [4.69, 9.17) is 28.0 Å². The van der Waals surface area contributed by atoms with E-state index < -0.39 is 78.4 Å². The van der Waals surface area contributed by atoms with Crippen LogP contribution >= 0.6 is 0 Å². The van der Waals surface area contributed by atoms with E-state index in [1.807, 2.05) is 0 Å². The van der Waals surface area contributed by atoms with Crippen LogP contribution < -0.4 is 38.9 Å². The molecule has 7 atom stereocenters. The fraction of sp³-hybridized carbons (Fsp3) is 0.690. The molecule has 18 nitrogen and oxygen atoms in total. The Labute approximate surface area is 273 Å². The lowest BCUT2D eigenvalue weighted by molar-refractivity contribution is -0.151. The Morgan fingerprint density at radius 3 is 2.17 bits per heavy atom. The number of carboxylic acids is 1. The predicted octanol–water partition coefficient (Wildman–Crippen LogP) is -3.60. The highest BCUT2D eigenvalue weighted by Gasteiger charge is 2.43. The first kappa shape index (κ1) is 38.9. The first-order chi connectivity index (χ1) is 22.1. The summed E-state index contributed by atoms with van der Waals surface area (Å²) in [4.78, 5) is 84.6. The molecule has 47 heavy (non-hydrogen) atoms. The van der Waals surface area contributed by atoms with Crippen molar-refractivity contribution in [3.05, 3.63) is 11.8 Å². The molecule has 2 saturated heterocycles. The van der Waals surface area contributed by atoms with E-state index in [0.717, 1.165) is 0 Å². The highest BCUT2D eigenvalue weighted by atomic mass is 16.4. The monoisotopic (exact) mass is 666 g/mol. The minimum atomic E-state index is -1.58. The van der Waals surface area contributed by atoms with E-state index in [9.17, 15) is 33.9 Å². The van der Waals surface area contributed by atoms with Crippen molar-refractivity contribution in [1.29, 1.82) is 0 Å². The molecular formula is C29H50N10O8. The van der Waals surface area contributed by atoms with Gasteiger partial charge in [0, 0.05) is 25.7 Å². The van der Waals surface area contributed by atoms with Crippen LogP contribution in [0.2, 0.25) is 0 Å². The molecule has 0 aromatic heterocycles. The number of nitrogens with two attached hydrogens (primary N) is 4. The van der Waals surface area contributed by atoms with Crippen LogP contribution in [-0.2, 0) is 28.8 Å². The van der Waals surface area contributed by atoms with Gasteiger partial charge in [0.1, 0.15) is 23.8 Å². The Kier molecular flexibility index (Phi) is 15.0. The largest absolute Gasteiger partial charge is 0.480 e. The van der Waals surface area contributed by atoms with Crippen LogP contribution in [0.5, 0.6) is 0 Å². The number of amides is 5. The number of guanidine groups is 1. The van der Waals surface area contributed by atoms with Crippen molar-refractivity contribution in [3.8, 4) is 0 Å². The lowest BCUT2D eigenvalue weighted by Gasteiger charge is -2.40. The summed E-state index contributed by atoms with van der Waals surface area (Å²) in [6.07, 6.45) is 4.07. The number of hydrogen-bond donors (Lipinski definition) is 9. The summed E-state index contributed by atoms with van der Waals surface area (Å²) in [7, 11) is 0. The van der Waals surface area contributed by atoms with Gasteiger partial charge in [-0.25, -0.2) is 4.79 Å². The number of carboxylic acid groups (broad SMARTS) is 1. The number of likely N-dealkylation sites (tertiary alicyclic amines) is 2. The molecule has 5 amide bonds. The summed E-state index contributed by atoms with van der Waals surface area (Å²) in [6, 6.07) is -6.43. The number of aliphatic hydroxyl groups is 1. The van der Waals surface area contributed by atoms with Gasteiger partial charge in [0.05, 0.1) is 12.6 Å². The number of nitrogens with zero attached hydrogens (tertiary/aromatic N) is 3. The number of carbonyl (C=O) groups is 6. The van der Waals surface area contributed by atoms with Crippen LogP contribution in [0.1, 0.15) is 59.3 Å². The number of allylic oxidation sites excluding steroid dienone is 1. The Morgan fingerprint density at radius 2 is 1.60 bits per heavy atom. The SMILES string of the molecule is C/C=C(\NC(=O)[C@H]1CCCN1C(=O)[C@@H]1CCCCN1C(=O)[C@H](NC(=O)[C@@H](N)[C@@H](C)CCN=C(N)N)[C@H](C)N)C(=O)N[C@H](CO)C(=O)O. The fourth-order valence-electron chi connectivity index (χ4n) is 5.53. The van der Waals surface area contributed by atoms with Gasteiger partial charge in [0.25, 0.3) is 5.91 Å². The van der Waals surface area contributed by atoms with E-state index in [2.05, 4.69) is 20.9 Å². The normalized spacial score (nSPS) is 21.4. The highest BCUT2D eigenvalue weighted by molar-refractivity contribution is 6.01. The molecule has 0 aliphatic carbocycles. The third-order valence-electron chi connectivity index (χ3n) is 8.37. The zero-order valence-electron chi connectivity index (χ0n) is 27.2. The molecule has 2 aliphatic rings. The van der Waals surface area contributed by atoms with Crippen LogP contribution in [0.15, 0.2) is 16.8 Å². The molecule has 0 aromatic rings. The Morgan fingerprint density at radius 1 is 0.957 bits per heavy atom. The molecule has 18 heteroatoms. The lowest BCUT2D eigenvalue weighted by atomic mass is 9.96. The molecule has 0 aromatic carbocycles. The van der Waals surface area contributed by atoms with E-state index in [1.165, 1.54) is 22.8 Å². The number of piperidine rings is 1. The van der Waals surface area contributed by atoms with Gasteiger partial charge in [0.15, 0.2) is 12.0 Å². The van der Waals surface area contributed by atoms with Crippen molar-refractivity contribution in [2.75, 3.05) is 26.2 Å². The molecule has 2 aliphatic heterocycles. The number of hydrogen-bond acceptors (Lipinski definition) is 10. The van der Waals surface area contributed by atoms with Crippen LogP contribution in [0.4, 0.5) is 0 Å². The third-order valence-corrected chi connectivity index (χ3v) is 8.37. The molecule has 264 valence electrons. The summed E-state index contributed by atoms with van der Waals surface area (Å²) in [5.74, 6) is -5.03. The second kappa shape index (κ2) is 18.2. The fourth-order valence-corrected chi connectivity index (χ4v) is 5.53. The molecule has 13 N–H and O–H groups in total. The van der Waals surface area contributed by atoms with Gasteiger partial charge in [-0.1, -0.05) is 13.0 Å². The van der Waals surface area contributed by atoms with Crippen LogP contribution in [0.25, 0.3) is 0 Å². The zero-order valence-corrected chi connectivity index (χ0v) is 27.2. The Balaban J connectivity index is 2.17. The maximum atomic E-state index is 13.9. The molecule has 0 spiro atoms. The quantitative estimate of drug-likeness (QED) is 0.0465. The molecule has 2 heterocycles. The van der Waals surface area contributed by atoms with Crippen molar-refractivity contribution in [3.63, 3.8) is 0 Å². The van der Waals surface area contributed by atoms with Gasteiger partial charge in [-0.2, -0.15) is 0 Å². The van der Waals surface area contributed by atoms with E-state index in [1.54, 1.807) is 13.8 Å². The first-order valence-electron chi connectivity index (χ1n) is 15.7. The minimum absolute atomic E-state index is 0.0794. The molecule has 0 saturated carbocycles. The number of aliphatic hydroxyl groups excluding tert-OH is 1. The van der Waals surface area contributed by atoms with Gasteiger partial charge >= 0.3 is 5.97 Å². The maximum absolute atomic E-state index is 13.9. The standard InChI is InChI=1S/C29H50N10O8/c1-4-17(23(41)36-18(14-40)28(46)47)35-24(42)19-9-7-13-38(19)26(44)20-8-5-6-12-39(20)27(45)22(16(3)30)37-25(43)21(31)15(2)10-11-34-29(32)33/h4,15-16,18-22,40H,5-14,30-31H2,1-3H3,(H,35,42)(H,36,41)(H,37,43)(H,46,47)(H4,32,33,34)/b17-4-/t15-,16-,18+,19+,20-,21-,22+/m0/s1. The smallest absolute Gasteiger partial charge is 0.328 e. The van der Waals surface area contributed by atoms with Crippen molar-refractivity contribution in [1.82, 2.24) is 25.8 Å². The van der Waals surface area contributed by atoms with Crippen LogP contribution in [0.3, 0.4) is 0 Å². The van der Waals surface area contributed by atoms with E-state index in [-0.39, 0.29) is 37.2 Å². The van der Waals surface area contributed by atoms with E-state index in [0.29, 0.717) is 38.5 Å². The number of rotatable bonds is 15. The van der Waals surface area contributed by atoms with Gasteiger partial charge in [0.2, 0.25) is 23.6 Å². The van der Waals surface area contributed by atoms with Gasteiger partial charge in [-0.3, -0.25) is 29.0 Å². The zero-order chi connectivity index (χ0) is 35.4. The number of carbonyl (C=O) groups excluding carboxylic acids is 5. The number of aliphatic carboxylic acids is 1. The topological polar surface area (TPSA) is 302 Å². The minimum Gasteiger partial charge on any atom is -0.480 e. The molecular weight excluding hydrogens is 616 g/mol. The second-order valence-corrected chi connectivity index (χ2v) is 11.9. The summed E-state index contributed by atoms with van der Waals surface area (Å²) in [5.41, 5.74) is 22.8. The summed E-state index contributed by atoms with van der Waals surface area (Å²) >= 11 is 0. The van der Waals surface area contributed by atoms with Crippen molar-refractivity contribution in [2.24, 2.45) is 33.8 Å². The predicted molar refractivity (Wildman–Crippen MR) is 171 cm³/mol. The summed E-state index contributed by atoms with van der Waals surface area (Å²) in [6.45, 7) is 4.66. The van der Waals surface area contributed by atoms with Gasteiger partial charge < -0.3 is 58.9 Å².